The Kier molecular flexibility index (Phi) is 3.15. The monoisotopic (exact) mass is 163 g/mol. The zero-order chi connectivity index (χ0) is 8.97. The van der Waals surface area contributed by atoms with Crippen molar-refractivity contribution in [1.82, 2.24) is 0 Å². The van der Waals surface area contributed by atoms with Crippen molar-refractivity contribution in [3.05, 3.63) is 36.9 Å². The third kappa shape index (κ3) is 2.57. The summed E-state index contributed by atoms with van der Waals surface area (Å²) in [6.07, 6.45) is 1.09. The Morgan fingerprint density at radius 2 is 2.17 bits per heavy atom. The predicted molar refractivity (Wildman–Crippen MR) is 51.0 cm³/mol. The lowest BCUT2D eigenvalue weighted by Gasteiger charge is -2.06. The van der Waals surface area contributed by atoms with Crippen LogP contribution in [0.5, 0.6) is 5.75 Å². The third-order valence-electron chi connectivity index (χ3n) is 1.71. The molecule has 0 spiro atoms. The van der Waals surface area contributed by atoms with E-state index < -0.39 is 0 Å². The second kappa shape index (κ2) is 4.15. The molecule has 12 heavy (non-hydrogen) atoms. The molecule has 1 aromatic carbocycles. The summed E-state index contributed by atoms with van der Waals surface area (Å²) in [6.45, 7) is 4.41. The summed E-state index contributed by atoms with van der Waals surface area (Å²) >= 11 is 0. The first-order valence-corrected chi connectivity index (χ1v) is 4.23. The first-order valence-electron chi connectivity index (χ1n) is 4.23. The molecule has 1 rings (SSSR count). The van der Waals surface area contributed by atoms with Gasteiger partial charge in [-0.05, 0) is 30.0 Å². The summed E-state index contributed by atoms with van der Waals surface area (Å²) < 4.78 is 4.89. The standard InChI is InChI=1S/C11H15O/c1-9(2)7-10-5-4-6-11(8-10)12-3/h4-6,8-9H,3,7H2,1-2H3. The molecule has 0 amide bonds. The molecule has 0 aliphatic heterocycles. The fourth-order valence-electron chi connectivity index (χ4n) is 1.23. The lowest BCUT2D eigenvalue weighted by Crippen LogP contribution is -1.93. The Bertz CT molecular complexity index is 241. The van der Waals surface area contributed by atoms with Gasteiger partial charge >= 0.3 is 0 Å². The van der Waals surface area contributed by atoms with Crippen LogP contribution in [0.25, 0.3) is 0 Å². The van der Waals surface area contributed by atoms with Crippen molar-refractivity contribution in [1.29, 1.82) is 0 Å². The number of benzene rings is 1. The zero-order valence-electron chi connectivity index (χ0n) is 7.71. The van der Waals surface area contributed by atoms with Crippen LogP contribution in [-0.4, -0.2) is 0 Å². The van der Waals surface area contributed by atoms with Gasteiger partial charge in [0, 0.05) is 0 Å². The van der Waals surface area contributed by atoms with Gasteiger partial charge in [-0.25, -0.2) is 0 Å². The minimum Gasteiger partial charge on any atom is -0.490 e. The van der Waals surface area contributed by atoms with Gasteiger partial charge in [-0.1, -0.05) is 26.0 Å². The molecule has 0 heterocycles. The first-order chi connectivity index (χ1) is 5.72. The minimum atomic E-state index is 0.685. The third-order valence-corrected chi connectivity index (χ3v) is 1.71. The molecule has 0 aromatic heterocycles. The average molecular weight is 163 g/mol. The van der Waals surface area contributed by atoms with Crippen molar-refractivity contribution >= 4 is 0 Å². The number of hydrogen-bond donors (Lipinski definition) is 0. The van der Waals surface area contributed by atoms with Gasteiger partial charge in [0.25, 0.3) is 0 Å². The Balaban J connectivity index is 2.72. The van der Waals surface area contributed by atoms with Gasteiger partial charge < -0.3 is 4.74 Å². The molecule has 0 saturated heterocycles. The number of ether oxygens (including phenoxy) is 1. The molecular weight excluding hydrogens is 148 g/mol. The molecule has 0 fully saturated rings. The molecule has 1 heteroatoms. The fraction of sp³-hybridized carbons (Fsp3) is 0.364. The summed E-state index contributed by atoms with van der Waals surface area (Å²) in [7, 11) is 3.38. The Morgan fingerprint density at radius 3 is 2.75 bits per heavy atom. The highest BCUT2D eigenvalue weighted by Gasteiger charge is 1.98. The summed E-state index contributed by atoms with van der Waals surface area (Å²) in [5, 5.41) is 0. The van der Waals surface area contributed by atoms with Crippen molar-refractivity contribution in [2.75, 3.05) is 0 Å². The molecule has 1 radical (unpaired) electrons. The molecule has 0 unspecified atom stereocenters. The van der Waals surface area contributed by atoms with Crippen LogP contribution in [0, 0.1) is 13.0 Å². The van der Waals surface area contributed by atoms with E-state index in [9.17, 15) is 0 Å². The van der Waals surface area contributed by atoms with Gasteiger partial charge in [-0.15, -0.1) is 0 Å². The SMILES string of the molecule is [CH2]Oc1cccc(CC(C)C)c1. The fourth-order valence-corrected chi connectivity index (χ4v) is 1.23. The van der Waals surface area contributed by atoms with Crippen LogP contribution in [-0.2, 0) is 6.42 Å². The van der Waals surface area contributed by atoms with Crippen molar-refractivity contribution in [2.45, 2.75) is 20.3 Å². The van der Waals surface area contributed by atoms with E-state index in [1.165, 1.54) is 5.56 Å². The van der Waals surface area contributed by atoms with E-state index in [2.05, 4.69) is 27.0 Å². The zero-order valence-corrected chi connectivity index (χ0v) is 7.71. The van der Waals surface area contributed by atoms with E-state index in [0.717, 1.165) is 12.2 Å². The first kappa shape index (κ1) is 9.11. The van der Waals surface area contributed by atoms with E-state index in [4.69, 9.17) is 4.74 Å². The predicted octanol–water partition coefficient (Wildman–Crippen LogP) is 3.06. The maximum absolute atomic E-state index is 4.89. The summed E-state index contributed by atoms with van der Waals surface area (Å²) in [6, 6.07) is 8.06. The van der Waals surface area contributed by atoms with Gasteiger partial charge in [-0.2, -0.15) is 0 Å². The van der Waals surface area contributed by atoms with E-state index in [1.807, 2.05) is 18.2 Å². The maximum Gasteiger partial charge on any atom is 0.122 e. The van der Waals surface area contributed by atoms with Crippen molar-refractivity contribution in [3.8, 4) is 5.75 Å². The molecule has 1 nitrogen and oxygen atoms in total. The number of rotatable bonds is 3. The highest BCUT2D eigenvalue weighted by atomic mass is 16.5. The minimum absolute atomic E-state index is 0.685. The highest BCUT2D eigenvalue weighted by Crippen LogP contribution is 2.15. The van der Waals surface area contributed by atoms with Gasteiger partial charge in [0.2, 0.25) is 0 Å². The maximum atomic E-state index is 4.89. The summed E-state index contributed by atoms with van der Waals surface area (Å²) in [4.78, 5) is 0. The normalized spacial score (nSPS) is 10.3. The molecule has 65 valence electrons. The van der Waals surface area contributed by atoms with Crippen LogP contribution >= 0.6 is 0 Å². The smallest absolute Gasteiger partial charge is 0.122 e. The van der Waals surface area contributed by atoms with Gasteiger partial charge in [-0.3, -0.25) is 0 Å². The Labute approximate surface area is 74.4 Å². The van der Waals surface area contributed by atoms with Crippen LogP contribution in [0.4, 0.5) is 0 Å². The molecule has 0 aliphatic rings. The highest BCUT2D eigenvalue weighted by molar-refractivity contribution is 5.28. The van der Waals surface area contributed by atoms with Crippen LogP contribution in [0.3, 0.4) is 0 Å². The molecule has 0 bridgehead atoms. The lowest BCUT2D eigenvalue weighted by molar-refractivity contribution is 0.471. The van der Waals surface area contributed by atoms with Gasteiger partial charge in [0.05, 0.1) is 0 Å². The summed E-state index contributed by atoms with van der Waals surface area (Å²) in [5.41, 5.74) is 1.31. The second-order valence-electron chi connectivity index (χ2n) is 3.39. The van der Waals surface area contributed by atoms with Crippen LogP contribution in [0.2, 0.25) is 0 Å². The van der Waals surface area contributed by atoms with Crippen molar-refractivity contribution < 1.29 is 4.74 Å². The van der Waals surface area contributed by atoms with Gasteiger partial charge in [0.15, 0.2) is 0 Å². The summed E-state index contributed by atoms with van der Waals surface area (Å²) in [5.74, 6) is 1.53. The van der Waals surface area contributed by atoms with Crippen LogP contribution < -0.4 is 4.74 Å². The van der Waals surface area contributed by atoms with Crippen LogP contribution in [0.1, 0.15) is 19.4 Å². The lowest BCUT2D eigenvalue weighted by atomic mass is 10.0. The molecule has 0 atom stereocenters. The average Bonchev–Trinajstić information content (AvgIpc) is 2.03. The molecule has 1 aromatic rings. The van der Waals surface area contributed by atoms with E-state index in [0.29, 0.717) is 5.92 Å². The quantitative estimate of drug-likeness (QED) is 0.665. The van der Waals surface area contributed by atoms with E-state index in [1.54, 1.807) is 0 Å². The van der Waals surface area contributed by atoms with Crippen LogP contribution in [0.15, 0.2) is 24.3 Å². The second-order valence-corrected chi connectivity index (χ2v) is 3.39. The largest absolute Gasteiger partial charge is 0.490 e. The van der Waals surface area contributed by atoms with E-state index >= 15 is 0 Å². The molecule has 0 saturated carbocycles. The molecule has 0 N–H and O–H groups in total. The topological polar surface area (TPSA) is 9.23 Å². The molecular formula is C11H15O. The van der Waals surface area contributed by atoms with Crippen molar-refractivity contribution in [2.24, 2.45) is 5.92 Å². The van der Waals surface area contributed by atoms with Crippen molar-refractivity contribution in [3.63, 3.8) is 0 Å². The van der Waals surface area contributed by atoms with Gasteiger partial charge in [0.1, 0.15) is 12.9 Å². The molecule has 0 aliphatic carbocycles. The Hall–Kier alpha value is -0.980. The number of hydrogen-bond acceptors (Lipinski definition) is 1. The Morgan fingerprint density at radius 1 is 1.42 bits per heavy atom. The van der Waals surface area contributed by atoms with E-state index in [-0.39, 0.29) is 0 Å².